The zero-order valence-corrected chi connectivity index (χ0v) is 14.9. The topological polar surface area (TPSA) is 444 Å². The van der Waals surface area contributed by atoms with Gasteiger partial charge in [0.05, 0.1) is 5.09 Å². The summed E-state index contributed by atoms with van der Waals surface area (Å²) in [5, 5.41) is 14.8. The van der Waals surface area contributed by atoms with E-state index in [1.807, 2.05) is 0 Å². The second-order valence-electron chi connectivity index (χ2n) is 0.224. The fourth-order valence-corrected chi connectivity index (χ4v) is 0. The van der Waals surface area contributed by atoms with Crippen molar-refractivity contribution in [3.63, 3.8) is 0 Å². The van der Waals surface area contributed by atoms with Gasteiger partial charge in [-0.1, -0.05) is 0 Å². The quantitative estimate of drug-likeness (QED) is 0.190. The van der Waals surface area contributed by atoms with Crippen molar-refractivity contribution in [1.29, 1.82) is 0 Å². The Hall–Kier alpha value is 1.69. The minimum absolute atomic E-state index is 0. The summed E-state index contributed by atoms with van der Waals surface area (Å²) < 4.78 is 0. The van der Waals surface area contributed by atoms with Crippen molar-refractivity contribution in [3.05, 3.63) is 15.3 Å². The molecule has 0 saturated heterocycles. The maximum atomic E-state index is 8.25. The summed E-state index contributed by atoms with van der Waals surface area (Å²) in [6.45, 7) is 0. The number of nitrogens with zero attached hydrogens (tertiary/aromatic N) is 1. The van der Waals surface area contributed by atoms with Crippen molar-refractivity contribution in [1.82, 2.24) is 0 Å². The van der Waals surface area contributed by atoms with E-state index in [-0.39, 0.29) is 159 Å². The van der Waals surface area contributed by atoms with E-state index in [4.69, 9.17) is 15.3 Å². The third kappa shape index (κ3) is 2170. The van der Waals surface area contributed by atoms with Gasteiger partial charge in [0.15, 0.2) is 0 Å². The molecule has 0 aromatic rings. The van der Waals surface area contributed by atoms with E-state index in [0.29, 0.717) is 0 Å². The summed E-state index contributed by atoms with van der Waals surface area (Å²) in [4.78, 5) is 8.25. The van der Waals surface area contributed by atoms with Gasteiger partial charge in [-0.15, -0.1) is 0 Å². The molecular weight excluding hydrogens is 590 g/mol. The van der Waals surface area contributed by atoms with Crippen LogP contribution in [0.25, 0.3) is 0 Å². The monoisotopic (exact) mass is 617 g/mol. The Labute approximate surface area is 177 Å². The van der Waals surface area contributed by atoms with Gasteiger partial charge < -0.3 is 93.4 Å². The Morgan fingerprint density at radius 1 is 0.474 bits per heavy atom. The van der Waals surface area contributed by atoms with Crippen LogP contribution in [0, 0.1) is 96.1 Å². The molecule has 0 saturated carbocycles. The van der Waals surface area contributed by atoms with Crippen LogP contribution in [0.1, 0.15) is 0 Å². The molecule has 19 heavy (non-hydrogen) atoms. The van der Waals surface area contributed by atoms with Gasteiger partial charge in [-0.25, -0.2) is 0 Å². The van der Waals surface area contributed by atoms with E-state index in [1.165, 1.54) is 0 Å². The van der Waals surface area contributed by atoms with Crippen LogP contribution in [0.3, 0.4) is 0 Å². The van der Waals surface area contributed by atoms with Gasteiger partial charge in [-0.3, -0.25) is 0 Å². The Morgan fingerprint density at radius 2 is 0.474 bits per heavy atom. The summed E-state index contributed by atoms with van der Waals surface area (Å²) >= 11 is 0. The molecule has 0 aromatic heterocycles. The predicted octanol–water partition coefficient (Wildman–Crippen LogP) is -13.1. The summed E-state index contributed by atoms with van der Waals surface area (Å²) in [5.74, 6) is 0. The van der Waals surface area contributed by atoms with Crippen molar-refractivity contribution in [2.75, 3.05) is 0 Å². The molecule has 0 atom stereocenters. The second-order valence-corrected chi connectivity index (χ2v) is 0.224. The first-order valence-electron chi connectivity index (χ1n) is 0.548. The fourth-order valence-electron chi connectivity index (χ4n) is 0. The molecule has 0 amide bonds. The maximum Gasteiger partial charge on any atom is 3.00 e. The first kappa shape index (κ1) is 365. The molecule has 0 aliphatic rings. The molecule has 0 heterocycles. The number of halogens is 1. The van der Waals surface area contributed by atoms with Crippen LogP contribution < -0.4 is 12.4 Å². The van der Waals surface area contributed by atoms with Gasteiger partial charge in [0.2, 0.25) is 0 Å². The van der Waals surface area contributed by atoms with Crippen LogP contribution in [0.4, 0.5) is 0 Å². The zero-order chi connectivity index (χ0) is 3.58. The molecule has 24 N–H and O–H groups in total. The van der Waals surface area contributed by atoms with Crippen LogP contribution >= 0.6 is 0 Å². The molecule has 0 aromatic carbocycles. The van der Waals surface area contributed by atoms with E-state index < -0.39 is 5.09 Å². The molecule has 0 fully saturated rings. The number of hydrogen-bond acceptors (Lipinski definition) is 3. The average Bonchev–Trinajstić information content (AvgIpc) is 0.811. The molecule has 0 rings (SSSR count). The van der Waals surface area contributed by atoms with Crippen molar-refractivity contribution >= 4 is 0 Å². The molecule has 0 bridgehead atoms. The molecule has 0 unspecified atom stereocenters. The number of hydrogen-bond donors (Lipinski definition) is 0. The first-order chi connectivity index (χ1) is 1.73. The van der Waals surface area contributed by atoms with Gasteiger partial charge in [0.1, 0.15) is 0 Å². The van der Waals surface area contributed by atoms with E-state index >= 15 is 0 Å². The molecular formula is H24ClNO15Sm2+4. The van der Waals surface area contributed by atoms with E-state index in [9.17, 15) is 0 Å². The van der Waals surface area contributed by atoms with Gasteiger partial charge in [0, 0.05) is 0 Å². The Morgan fingerprint density at radius 3 is 0.474 bits per heavy atom. The van der Waals surface area contributed by atoms with Crippen molar-refractivity contribution in [2.24, 2.45) is 0 Å². The fraction of sp³-hybridized carbons (Fsp3) is 0. The SMILES string of the molecule is O.O.O.O.O.O.O.O.O.O.O.O.O=[N+]([O-])[O-].[Cl-].[Sm+3].[Sm+3]. The van der Waals surface area contributed by atoms with Crippen molar-refractivity contribution in [2.45, 2.75) is 0 Å². The zero-order valence-electron chi connectivity index (χ0n) is 8.87. The van der Waals surface area contributed by atoms with Crippen LogP contribution in [0.2, 0.25) is 0 Å². The minimum Gasteiger partial charge on any atom is -1.00 e. The van der Waals surface area contributed by atoms with Crippen LogP contribution in [-0.2, 0) is 0 Å². The first-order valence-corrected chi connectivity index (χ1v) is 0.548. The maximum absolute atomic E-state index is 8.25. The van der Waals surface area contributed by atoms with Crippen molar-refractivity contribution in [3.8, 4) is 0 Å². The molecule has 0 aliphatic carbocycles. The normalized spacial score (nSPS) is 1.26. The molecule has 2 radical (unpaired) electrons. The summed E-state index contributed by atoms with van der Waals surface area (Å²) in [6.07, 6.45) is 0. The van der Waals surface area contributed by atoms with Gasteiger partial charge in [-0.05, 0) is 0 Å². The number of rotatable bonds is 0. The Bertz CT molecular complexity index is 43.1. The van der Waals surface area contributed by atoms with Crippen LogP contribution in [0.5, 0.6) is 0 Å². The van der Waals surface area contributed by atoms with E-state index in [1.54, 1.807) is 0 Å². The van der Waals surface area contributed by atoms with Crippen molar-refractivity contribution < 1.29 is 164 Å². The largest absolute Gasteiger partial charge is 3.00 e. The van der Waals surface area contributed by atoms with E-state index in [2.05, 4.69) is 0 Å². The minimum atomic E-state index is -1.75. The third-order valence-electron chi connectivity index (χ3n) is 0. The third-order valence-corrected chi connectivity index (χ3v) is 0. The molecule has 0 spiro atoms. The van der Waals surface area contributed by atoms with Crippen LogP contribution in [0.15, 0.2) is 0 Å². The van der Waals surface area contributed by atoms with Crippen LogP contribution in [-0.4, -0.2) is 70.8 Å². The van der Waals surface area contributed by atoms with Gasteiger partial charge in [-0.2, -0.15) is 0 Å². The average molecular weight is 614 g/mol. The standard InChI is InChI=1S/ClH.NO3.12H2O.2Sm/c;2-1(3)4;;;;;;;;;;;;;;/h1H;;12*1H2;;/q;-1;;;;;;;;;;;;;2*+3/p-1. The molecule has 19 heteroatoms. The predicted molar refractivity (Wildman–Crippen MR) is 53.7 cm³/mol. The molecule has 16 nitrogen and oxygen atoms in total. The van der Waals surface area contributed by atoms with Gasteiger partial charge >= 0.3 is 80.8 Å². The summed E-state index contributed by atoms with van der Waals surface area (Å²) in [7, 11) is 0. The van der Waals surface area contributed by atoms with E-state index in [0.717, 1.165) is 0 Å². The van der Waals surface area contributed by atoms with Gasteiger partial charge in [0.25, 0.3) is 0 Å². The summed E-state index contributed by atoms with van der Waals surface area (Å²) in [5.41, 5.74) is 0. The smallest absolute Gasteiger partial charge is 1.00 e. The molecule has 134 valence electrons. The Balaban J connectivity index is -0.000000000429. The summed E-state index contributed by atoms with van der Waals surface area (Å²) in [6, 6.07) is 0. The Kier molecular flexibility index (Phi) is 6020. The molecule has 0 aliphatic heterocycles. The second kappa shape index (κ2) is 313.